The fourth-order valence-corrected chi connectivity index (χ4v) is 5.91. The molecular weight excluding hydrogens is 557 g/mol. The molecule has 1 spiro atoms. The first-order valence-corrected chi connectivity index (χ1v) is 12.3. The molecule has 9 heteroatoms. The largest absolute Gasteiger partial charge is 0.349 e. The number of amides is 2. The number of Topliss-reactive ketones (excluding diaryl/α,β-unsaturated/α-hetero) is 2. The predicted molar refractivity (Wildman–Crippen MR) is 132 cm³/mol. The van der Waals surface area contributed by atoms with Crippen molar-refractivity contribution in [3.63, 3.8) is 0 Å². The van der Waals surface area contributed by atoms with E-state index in [1.165, 1.54) is 30.3 Å². The van der Waals surface area contributed by atoms with Gasteiger partial charge in [0.1, 0.15) is 0 Å². The quantitative estimate of drug-likeness (QED) is 0.302. The van der Waals surface area contributed by atoms with Gasteiger partial charge in [0, 0.05) is 15.6 Å². The zero-order valence-electron chi connectivity index (χ0n) is 17.7. The Hall–Kier alpha value is -2.84. The Morgan fingerprint density at radius 1 is 0.800 bits per heavy atom. The molecule has 2 amide bonds. The number of rotatable bonds is 2. The van der Waals surface area contributed by atoms with Crippen LogP contribution in [-0.4, -0.2) is 29.0 Å². The number of ether oxygens (including phenoxy) is 1. The molecule has 3 unspecified atom stereocenters. The lowest BCUT2D eigenvalue weighted by atomic mass is 9.77. The molecule has 35 heavy (non-hydrogen) atoms. The molecule has 2 fully saturated rings. The van der Waals surface area contributed by atoms with Crippen LogP contribution in [0.25, 0.3) is 0 Å². The minimum absolute atomic E-state index is 0.165. The fraction of sp³-hybridized carbons (Fsp3) is 0.154. The Kier molecular flexibility index (Phi) is 5.06. The van der Waals surface area contributed by atoms with Gasteiger partial charge in [0.25, 0.3) is 0 Å². The highest BCUT2D eigenvalue weighted by molar-refractivity contribution is 9.10. The van der Waals surface area contributed by atoms with E-state index in [1.807, 2.05) is 0 Å². The summed E-state index contributed by atoms with van der Waals surface area (Å²) in [6.07, 6.45) is -0.987. The molecule has 6 nitrogen and oxygen atoms in total. The number of hydrogen-bond donors (Lipinski definition) is 0. The maximum Gasteiger partial charge on any atom is 0.241 e. The van der Waals surface area contributed by atoms with Crippen molar-refractivity contribution in [2.24, 2.45) is 11.8 Å². The minimum Gasteiger partial charge on any atom is -0.349 e. The van der Waals surface area contributed by atoms with Crippen LogP contribution in [0.4, 0.5) is 5.69 Å². The van der Waals surface area contributed by atoms with E-state index in [0.29, 0.717) is 5.56 Å². The van der Waals surface area contributed by atoms with E-state index in [0.717, 1.165) is 9.37 Å². The summed E-state index contributed by atoms with van der Waals surface area (Å²) < 4.78 is 7.05. The van der Waals surface area contributed by atoms with Crippen LogP contribution in [0.2, 0.25) is 10.0 Å². The van der Waals surface area contributed by atoms with E-state index >= 15 is 0 Å². The van der Waals surface area contributed by atoms with Crippen LogP contribution in [0.5, 0.6) is 0 Å². The van der Waals surface area contributed by atoms with E-state index in [-0.39, 0.29) is 26.9 Å². The average molecular weight is 571 g/mol. The SMILES string of the molecule is O=C1C2C(c3ccc(Br)cc3)OC3(C(=O)c4ccccc4C3=O)C2C(=O)N1c1ccc(Cl)c(Cl)c1. The van der Waals surface area contributed by atoms with Gasteiger partial charge < -0.3 is 4.74 Å². The maximum atomic E-state index is 13.9. The molecule has 1 aliphatic carbocycles. The number of carbonyl (C=O) groups is 4. The number of ketones is 2. The lowest BCUT2D eigenvalue weighted by Crippen LogP contribution is -2.51. The topological polar surface area (TPSA) is 80.8 Å². The van der Waals surface area contributed by atoms with Crippen LogP contribution in [0.1, 0.15) is 32.4 Å². The lowest BCUT2D eigenvalue weighted by molar-refractivity contribution is -0.127. The number of imide groups is 1. The van der Waals surface area contributed by atoms with Crippen molar-refractivity contribution < 1.29 is 23.9 Å². The standard InChI is InChI=1S/C26H14BrCl2NO5/c27-13-7-5-12(6-8-13)21-19-20(25(34)30(24(19)33)14-9-10-17(28)18(29)11-14)26(35-21)22(31)15-3-1-2-4-16(15)23(26)32/h1-11,19-21H. The van der Waals surface area contributed by atoms with Crippen molar-refractivity contribution in [2.75, 3.05) is 4.90 Å². The molecule has 3 atom stereocenters. The van der Waals surface area contributed by atoms with Crippen molar-refractivity contribution >= 4 is 68.2 Å². The van der Waals surface area contributed by atoms with Gasteiger partial charge in [0.2, 0.25) is 29.0 Å². The molecule has 0 N–H and O–H groups in total. The number of anilines is 1. The van der Waals surface area contributed by atoms with Crippen molar-refractivity contribution in [3.05, 3.63) is 97.9 Å². The molecular formula is C26H14BrCl2NO5. The zero-order chi connectivity index (χ0) is 24.6. The first-order valence-electron chi connectivity index (χ1n) is 10.7. The van der Waals surface area contributed by atoms with E-state index in [4.69, 9.17) is 27.9 Å². The van der Waals surface area contributed by atoms with Gasteiger partial charge in [-0.1, -0.05) is 75.5 Å². The number of nitrogens with zero attached hydrogens (tertiary/aromatic N) is 1. The molecule has 0 radical (unpaired) electrons. The number of benzene rings is 3. The molecule has 3 aliphatic rings. The Morgan fingerprint density at radius 3 is 2.03 bits per heavy atom. The first kappa shape index (κ1) is 22.6. The second-order valence-corrected chi connectivity index (χ2v) is 10.4. The molecule has 0 aromatic heterocycles. The van der Waals surface area contributed by atoms with Crippen molar-refractivity contribution in [3.8, 4) is 0 Å². The van der Waals surface area contributed by atoms with Crippen LogP contribution in [0.3, 0.4) is 0 Å². The van der Waals surface area contributed by atoms with Crippen LogP contribution < -0.4 is 4.90 Å². The van der Waals surface area contributed by atoms with Gasteiger partial charge in [-0.15, -0.1) is 0 Å². The molecule has 3 aromatic carbocycles. The summed E-state index contributed by atoms with van der Waals surface area (Å²) in [6, 6.07) is 17.8. The molecule has 3 aromatic rings. The van der Waals surface area contributed by atoms with Crippen LogP contribution >= 0.6 is 39.1 Å². The van der Waals surface area contributed by atoms with Gasteiger partial charge in [-0.25, -0.2) is 4.90 Å². The summed E-state index contributed by atoms with van der Waals surface area (Å²) in [5.41, 5.74) is -0.969. The summed E-state index contributed by atoms with van der Waals surface area (Å²) in [6.45, 7) is 0. The minimum atomic E-state index is -2.12. The highest BCUT2D eigenvalue weighted by atomic mass is 79.9. The normalized spacial score (nSPS) is 24.4. The summed E-state index contributed by atoms with van der Waals surface area (Å²) in [5.74, 6) is -4.88. The van der Waals surface area contributed by atoms with Crippen LogP contribution in [0, 0.1) is 11.8 Å². The number of halogens is 3. The van der Waals surface area contributed by atoms with Gasteiger partial charge in [0.05, 0.1) is 33.7 Å². The number of hydrogen-bond acceptors (Lipinski definition) is 5. The Morgan fingerprint density at radius 2 is 1.43 bits per heavy atom. The van der Waals surface area contributed by atoms with Gasteiger partial charge in [-0.05, 0) is 35.9 Å². The molecule has 2 heterocycles. The van der Waals surface area contributed by atoms with Crippen molar-refractivity contribution in [1.82, 2.24) is 0 Å². The zero-order valence-corrected chi connectivity index (χ0v) is 20.8. The Bertz CT molecular complexity index is 1440. The number of carbonyl (C=O) groups excluding carboxylic acids is 4. The molecule has 174 valence electrons. The second kappa shape index (κ2) is 7.83. The number of fused-ring (bicyclic) bond motifs is 3. The monoisotopic (exact) mass is 569 g/mol. The van der Waals surface area contributed by atoms with E-state index in [9.17, 15) is 19.2 Å². The third-order valence-corrected chi connectivity index (χ3v) is 8.15. The molecule has 0 bridgehead atoms. The van der Waals surface area contributed by atoms with Crippen LogP contribution in [-0.2, 0) is 14.3 Å². The van der Waals surface area contributed by atoms with Crippen molar-refractivity contribution in [2.45, 2.75) is 11.7 Å². The van der Waals surface area contributed by atoms with Gasteiger partial charge in [-0.2, -0.15) is 0 Å². The third-order valence-electron chi connectivity index (χ3n) is 6.88. The third kappa shape index (κ3) is 2.99. The van der Waals surface area contributed by atoms with Gasteiger partial charge in [-0.3, -0.25) is 19.2 Å². The Balaban J connectivity index is 1.54. The van der Waals surface area contributed by atoms with E-state index < -0.39 is 46.9 Å². The van der Waals surface area contributed by atoms with E-state index in [2.05, 4.69) is 15.9 Å². The molecule has 0 saturated carbocycles. The molecule has 6 rings (SSSR count). The lowest BCUT2D eigenvalue weighted by Gasteiger charge is -2.27. The second-order valence-electron chi connectivity index (χ2n) is 8.64. The summed E-state index contributed by atoms with van der Waals surface area (Å²) in [5, 5.41) is 0.427. The molecule has 2 aliphatic heterocycles. The predicted octanol–water partition coefficient (Wildman–Crippen LogP) is 5.45. The van der Waals surface area contributed by atoms with Gasteiger partial charge in [0.15, 0.2) is 0 Å². The smallest absolute Gasteiger partial charge is 0.241 e. The summed E-state index contributed by atoms with van der Waals surface area (Å²) in [7, 11) is 0. The maximum absolute atomic E-state index is 13.9. The Labute approximate surface area is 217 Å². The van der Waals surface area contributed by atoms with Gasteiger partial charge >= 0.3 is 0 Å². The highest BCUT2D eigenvalue weighted by Gasteiger charge is 2.74. The average Bonchev–Trinajstić information content (AvgIpc) is 3.41. The first-order chi connectivity index (χ1) is 16.8. The van der Waals surface area contributed by atoms with Crippen LogP contribution in [0.15, 0.2) is 71.2 Å². The fourth-order valence-electron chi connectivity index (χ4n) is 5.35. The summed E-state index contributed by atoms with van der Waals surface area (Å²) >= 11 is 15.6. The highest BCUT2D eigenvalue weighted by Crippen LogP contribution is 2.57. The summed E-state index contributed by atoms with van der Waals surface area (Å²) in [4.78, 5) is 56.1. The van der Waals surface area contributed by atoms with Crippen molar-refractivity contribution in [1.29, 1.82) is 0 Å². The van der Waals surface area contributed by atoms with E-state index in [1.54, 1.807) is 36.4 Å². The molecule has 2 saturated heterocycles.